The fraction of sp³-hybridized carbons (Fsp3) is 0.400. The average molecular weight is 260 g/mol. The molecule has 0 aliphatic carbocycles. The molecule has 1 aromatic carbocycles. The molecular weight excluding hydrogens is 247 g/mol. The van der Waals surface area contributed by atoms with Crippen LogP contribution in [0.4, 0.5) is 15.8 Å². The van der Waals surface area contributed by atoms with Crippen molar-refractivity contribution in [2.45, 2.75) is 12.2 Å². The van der Waals surface area contributed by atoms with Gasteiger partial charge in [0.2, 0.25) is 0 Å². The van der Waals surface area contributed by atoms with Gasteiger partial charge >= 0.3 is 0 Å². The first-order valence-electron chi connectivity index (χ1n) is 4.91. The Kier molecular flexibility index (Phi) is 4.56. The summed E-state index contributed by atoms with van der Waals surface area (Å²) in [4.78, 5) is 9.86. The van der Waals surface area contributed by atoms with E-state index in [9.17, 15) is 18.7 Å². The summed E-state index contributed by atoms with van der Waals surface area (Å²) >= 11 is 0. The predicted octanol–water partition coefficient (Wildman–Crippen LogP) is 1.91. The molecule has 0 amide bonds. The lowest BCUT2D eigenvalue weighted by atomic mass is 10.2. The number of halogens is 1. The molecule has 1 rings (SSSR count). The fourth-order valence-corrected chi connectivity index (χ4v) is 1.48. The van der Waals surface area contributed by atoms with Gasteiger partial charge in [0.05, 0.1) is 11.0 Å². The first-order valence-corrected chi connectivity index (χ1v) is 6.53. The maximum absolute atomic E-state index is 13.1. The van der Waals surface area contributed by atoms with Gasteiger partial charge in [-0.25, -0.2) is 4.39 Å². The molecule has 0 aromatic heterocycles. The molecule has 2 atom stereocenters. The van der Waals surface area contributed by atoms with Gasteiger partial charge in [0.1, 0.15) is 5.82 Å². The van der Waals surface area contributed by atoms with Crippen molar-refractivity contribution in [3.63, 3.8) is 0 Å². The molecule has 2 unspecified atom stereocenters. The van der Waals surface area contributed by atoms with Crippen molar-refractivity contribution in [2.75, 3.05) is 18.1 Å². The SMILES string of the molecule is CC(CNc1cc(F)cc([N+](=O)[O-])c1)S(C)=O. The minimum atomic E-state index is -0.994. The van der Waals surface area contributed by atoms with E-state index in [2.05, 4.69) is 5.32 Å². The van der Waals surface area contributed by atoms with Crippen LogP contribution >= 0.6 is 0 Å². The van der Waals surface area contributed by atoms with Crippen LogP contribution in [0.15, 0.2) is 18.2 Å². The van der Waals surface area contributed by atoms with Gasteiger partial charge in [-0.05, 0) is 13.0 Å². The van der Waals surface area contributed by atoms with E-state index in [1.165, 1.54) is 6.07 Å². The number of hydrogen-bond acceptors (Lipinski definition) is 4. The molecule has 0 aliphatic heterocycles. The van der Waals surface area contributed by atoms with Crippen LogP contribution in [0.5, 0.6) is 0 Å². The lowest BCUT2D eigenvalue weighted by Crippen LogP contribution is -2.20. The minimum Gasteiger partial charge on any atom is -0.384 e. The predicted molar refractivity (Wildman–Crippen MR) is 65.1 cm³/mol. The van der Waals surface area contributed by atoms with Gasteiger partial charge in [-0.15, -0.1) is 0 Å². The molecule has 94 valence electrons. The van der Waals surface area contributed by atoms with E-state index in [0.29, 0.717) is 12.2 Å². The van der Waals surface area contributed by atoms with Gasteiger partial charge in [0, 0.05) is 40.6 Å². The second-order valence-corrected chi connectivity index (χ2v) is 5.45. The highest BCUT2D eigenvalue weighted by molar-refractivity contribution is 7.84. The van der Waals surface area contributed by atoms with Crippen molar-refractivity contribution in [2.24, 2.45) is 0 Å². The third kappa shape index (κ3) is 4.10. The standard InChI is InChI=1S/C10H13FN2O3S/c1-7(17(2)16)6-12-9-3-8(11)4-10(5-9)13(14)15/h3-5,7,12H,6H2,1-2H3. The summed E-state index contributed by atoms with van der Waals surface area (Å²) in [5.41, 5.74) is 0.00627. The number of nitrogens with zero attached hydrogens (tertiary/aromatic N) is 1. The molecule has 5 nitrogen and oxygen atoms in total. The Balaban J connectivity index is 2.78. The summed E-state index contributed by atoms with van der Waals surface area (Å²) in [6.45, 7) is 2.14. The van der Waals surface area contributed by atoms with E-state index in [4.69, 9.17) is 0 Å². The zero-order valence-corrected chi connectivity index (χ0v) is 10.3. The maximum Gasteiger partial charge on any atom is 0.274 e. The van der Waals surface area contributed by atoms with E-state index in [1.54, 1.807) is 13.2 Å². The highest BCUT2D eigenvalue weighted by atomic mass is 32.2. The van der Waals surface area contributed by atoms with Crippen LogP contribution in [0.3, 0.4) is 0 Å². The van der Waals surface area contributed by atoms with E-state index in [0.717, 1.165) is 12.1 Å². The van der Waals surface area contributed by atoms with Crippen molar-refractivity contribution in [3.8, 4) is 0 Å². The third-order valence-electron chi connectivity index (χ3n) is 2.25. The summed E-state index contributed by atoms with van der Waals surface area (Å²) < 4.78 is 24.2. The Morgan fingerprint density at radius 1 is 1.53 bits per heavy atom. The minimum absolute atomic E-state index is 0.114. The summed E-state index contributed by atoms with van der Waals surface area (Å²) in [5, 5.41) is 13.2. The Bertz CT molecular complexity index is 453. The van der Waals surface area contributed by atoms with Crippen LogP contribution < -0.4 is 5.32 Å². The summed E-state index contributed by atoms with van der Waals surface area (Å²) in [7, 11) is -0.994. The Labute approximate surface area is 101 Å². The summed E-state index contributed by atoms with van der Waals surface area (Å²) in [6.07, 6.45) is 1.57. The van der Waals surface area contributed by atoms with Crippen molar-refractivity contribution >= 4 is 22.2 Å². The van der Waals surface area contributed by atoms with Crippen molar-refractivity contribution < 1.29 is 13.5 Å². The molecule has 7 heteroatoms. The number of rotatable bonds is 5. The van der Waals surface area contributed by atoms with E-state index in [-0.39, 0.29) is 10.9 Å². The summed E-state index contributed by atoms with van der Waals surface area (Å²) in [6, 6.07) is 3.26. The zero-order valence-electron chi connectivity index (χ0n) is 9.47. The Morgan fingerprint density at radius 2 is 2.18 bits per heavy atom. The van der Waals surface area contributed by atoms with E-state index >= 15 is 0 Å². The molecular formula is C10H13FN2O3S. The van der Waals surface area contributed by atoms with Gasteiger partial charge in [-0.2, -0.15) is 0 Å². The molecule has 0 fully saturated rings. The lowest BCUT2D eigenvalue weighted by Gasteiger charge is -2.10. The van der Waals surface area contributed by atoms with Crippen LogP contribution in [-0.4, -0.2) is 27.2 Å². The largest absolute Gasteiger partial charge is 0.384 e. The molecule has 1 N–H and O–H groups in total. The van der Waals surface area contributed by atoms with Crippen LogP contribution in [0.2, 0.25) is 0 Å². The third-order valence-corrected chi connectivity index (χ3v) is 3.55. The van der Waals surface area contributed by atoms with Gasteiger partial charge in [-0.1, -0.05) is 0 Å². The molecule has 0 saturated heterocycles. The van der Waals surface area contributed by atoms with Gasteiger partial charge in [-0.3, -0.25) is 14.3 Å². The molecule has 0 aliphatic rings. The average Bonchev–Trinajstić information content (AvgIpc) is 2.24. The molecule has 0 radical (unpaired) electrons. The molecule has 17 heavy (non-hydrogen) atoms. The Hall–Kier alpha value is -1.50. The quantitative estimate of drug-likeness (QED) is 0.648. The number of anilines is 1. The van der Waals surface area contributed by atoms with Crippen LogP contribution in [0, 0.1) is 15.9 Å². The van der Waals surface area contributed by atoms with Gasteiger partial charge in [0.15, 0.2) is 0 Å². The number of non-ortho nitro benzene ring substituents is 1. The highest BCUT2D eigenvalue weighted by Gasteiger charge is 2.11. The maximum atomic E-state index is 13.1. The highest BCUT2D eigenvalue weighted by Crippen LogP contribution is 2.20. The van der Waals surface area contributed by atoms with E-state index in [1.807, 2.05) is 0 Å². The van der Waals surface area contributed by atoms with Crippen LogP contribution in [0.25, 0.3) is 0 Å². The van der Waals surface area contributed by atoms with Crippen LogP contribution in [-0.2, 0) is 10.8 Å². The molecule has 0 heterocycles. The van der Waals surface area contributed by atoms with Crippen molar-refractivity contribution in [1.82, 2.24) is 0 Å². The lowest BCUT2D eigenvalue weighted by molar-refractivity contribution is -0.385. The second kappa shape index (κ2) is 5.72. The normalized spacial score (nSPS) is 14.1. The molecule has 0 saturated carbocycles. The number of nitrogens with one attached hydrogen (secondary N) is 1. The fourth-order valence-electron chi connectivity index (χ4n) is 1.16. The van der Waals surface area contributed by atoms with E-state index < -0.39 is 21.5 Å². The number of nitro benzene ring substituents is 1. The monoisotopic (exact) mass is 260 g/mol. The van der Waals surface area contributed by atoms with Gasteiger partial charge < -0.3 is 5.32 Å². The Morgan fingerprint density at radius 3 is 2.71 bits per heavy atom. The topological polar surface area (TPSA) is 72.2 Å². The summed E-state index contributed by atoms with van der Waals surface area (Å²) in [5.74, 6) is -0.674. The number of benzene rings is 1. The number of hydrogen-bond donors (Lipinski definition) is 1. The molecule has 1 aromatic rings. The van der Waals surface area contributed by atoms with Crippen molar-refractivity contribution in [3.05, 3.63) is 34.1 Å². The first kappa shape index (κ1) is 13.6. The molecule has 0 bridgehead atoms. The van der Waals surface area contributed by atoms with Crippen LogP contribution in [0.1, 0.15) is 6.92 Å². The second-order valence-electron chi connectivity index (χ2n) is 3.65. The van der Waals surface area contributed by atoms with Gasteiger partial charge in [0.25, 0.3) is 5.69 Å². The smallest absolute Gasteiger partial charge is 0.274 e. The molecule has 0 spiro atoms. The first-order chi connectivity index (χ1) is 7.90. The number of nitro groups is 1. The zero-order chi connectivity index (χ0) is 13.0. The van der Waals surface area contributed by atoms with Crippen molar-refractivity contribution in [1.29, 1.82) is 0 Å².